The summed E-state index contributed by atoms with van der Waals surface area (Å²) in [6, 6.07) is 15.2. The fourth-order valence-corrected chi connectivity index (χ4v) is 3.57. The number of hydrogen-bond acceptors (Lipinski definition) is 3. The zero-order valence-corrected chi connectivity index (χ0v) is 17.4. The smallest absolute Gasteiger partial charge is 0.263 e. The standard InChI is InChI=1S/C22H24Cl2N2O2/c1-17(28-21-10-9-19(23)16-20(21)24)22(27)26-14-12-25(13-15-26)11-5-8-18-6-3-2-4-7-18/h2-10,16-17H,11-15H2,1H3. The lowest BCUT2D eigenvalue weighted by atomic mass is 10.2. The molecule has 1 atom stereocenters. The quantitative estimate of drug-likeness (QED) is 0.685. The Morgan fingerprint density at radius 1 is 1.11 bits per heavy atom. The molecule has 0 bridgehead atoms. The summed E-state index contributed by atoms with van der Waals surface area (Å²) in [5.74, 6) is 0.446. The van der Waals surface area contributed by atoms with Gasteiger partial charge in [0.1, 0.15) is 5.75 Å². The van der Waals surface area contributed by atoms with Crippen LogP contribution in [-0.2, 0) is 4.79 Å². The molecule has 0 radical (unpaired) electrons. The van der Waals surface area contributed by atoms with Gasteiger partial charge >= 0.3 is 0 Å². The van der Waals surface area contributed by atoms with Gasteiger partial charge in [0.2, 0.25) is 0 Å². The van der Waals surface area contributed by atoms with E-state index in [0.29, 0.717) is 28.9 Å². The molecule has 4 nitrogen and oxygen atoms in total. The van der Waals surface area contributed by atoms with Crippen LogP contribution in [0.3, 0.4) is 0 Å². The van der Waals surface area contributed by atoms with Crippen molar-refractivity contribution in [3.8, 4) is 5.75 Å². The SMILES string of the molecule is CC(Oc1ccc(Cl)cc1Cl)C(=O)N1CCN(CC=Cc2ccccc2)CC1. The van der Waals surface area contributed by atoms with Gasteiger partial charge in [-0.15, -0.1) is 0 Å². The highest BCUT2D eigenvalue weighted by molar-refractivity contribution is 6.35. The minimum absolute atomic E-state index is 0.0227. The number of nitrogens with zero attached hydrogens (tertiary/aromatic N) is 2. The summed E-state index contributed by atoms with van der Waals surface area (Å²) >= 11 is 12.0. The lowest BCUT2D eigenvalue weighted by molar-refractivity contribution is -0.139. The van der Waals surface area contributed by atoms with E-state index < -0.39 is 6.10 Å². The second-order valence-electron chi connectivity index (χ2n) is 6.77. The molecule has 0 saturated carbocycles. The van der Waals surface area contributed by atoms with Crippen LogP contribution in [0.4, 0.5) is 0 Å². The van der Waals surface area contributed by atoms with Crippen LogP contribution >= 0.6 is 23.2 Å². The minimum atomic E-state index is -0.594. The Kier molecular flexibility index (Phi) is 7.37. The first-order valence-corrected chi connectivity index (χ1v) is 10.1. The molecule has 6 heteroatoms. The van der Waals surface area contributed by atoms with Gasteiger partial charge in [0.25, 0.3) is 5.91 Å². The summed E-state index contributed by atoms with van der Waals surface area (Å²) in [6.07, 6.45) is 3.70. The van der Waals surface area contributed by atoms with Crippen LogP contribution in [0.25, 0.3) is 6.08 Å². The predicted octanol–water partition coefficient (Wildman–Crippen LogP) is 4.62. The summed E-state index contributed by atoms with van der Waals surface area (Å²) < 4.78 is 5.75. The first-order valence-electron chi connectivity index (χ1n) is 9.37. The van der Waals surface area contributed by atoms with Crippen LogP contribution in [0.2, 0.25) is 10.0 Å². The monoisotopic (exact) mass is 418 g/mol. The highest BCUT2D eigenvalue weighted by Gasteiger charge is 2.26. The van der Waals surface area contributed by atoms with E-state index in [2.05, 4.69) is 29.2 Å². The van der Waals surface area contributed by atoms with E-state index in [9.17, 15) is 4.79 Å². The molecule has 1 unspecified atom stereocenters. The maximum Gasteiger partial charge on any atom is 0.263 e. The minimum Gasteiger partial charge on any atom is -0.479 e. The van der Waals surface area contributed by atoms with Crippen LogP contribution in [0.5, 0.6) is 5.75 Å². The third-order valence-electron chi connectivity index (χ3n) is 4.70. The van der Waals surface area contributed by atoms with E-state index in [0.717, 1.165) is 19.6 Å². The molecule has 3 rings (SSSR count). The highest BCUT2D eigenvalue weighted by atomic mass is 35.5. The molecule has 0 aliphatic carbocycles. The first-order chi connectivity index (χ1) is 13.5. The fourth-order valence-electron chi connectivity index (χ4n) is 3.12. The number of benzene rings is 2. The second-order valence-corrected chi connectivity index (χ2v) is 7.62. The predicted molar refractivity (Wildman–Crippen MR) is 115 cm³/mol. The van der Waals surface area contributed by atoms with Crippen molar-refractivity contribution in [2.75, 3.05) is 32.7 Å². The zero-order valence-electron chi connectivity index (χ0n) is 15.9. The molecule has 2 aromatic rings. The Balaban J connectivity index is 1.46. The summed E-state index contributed by atoms with van der Waals surface area (Å²) in [5.41, 5.74) is 1.20. The molecular weight excluding hydrogens is 395 g/mol. The molecule has 1 aliphatic rings. The normalized spacial score (nSPS) is 16.3. The second kappa shape index (κ2) is 9.97. The lowest BCUT2D eigenvalue weighted by Crippen LogP contribution is -2.51. The summed E-state index contributed by atoms with van der Waals surface area (Å²) in [4.78, 5) is 16.9. The van der Waals surface area contributed by atoms with Gasteiger partial charge in [-0.3, -0.25) is 9.69 Å². The van der Waals surface area contributed by atoms with Gasteiger partial charge in [0, 0.05) is 37.7 Å². The summed E-state index contributed by atoms with van der Waals surface area (Å²) in [5, 5.41) is 0.941. The number of halogens is 2. The number of hydrogen-bond donors (Lipinski definition) is 0. The molecule has 1 saturated heterocycles. The molecule has 1 aliphatic heterocycles. The fraction of sp³-hybridized carbons (Fsp3) is 0.318. The van der Waals surface area contributed by atoms with Gasteiger partial charge < -0.3 is 9.64 Å². The lowest BCUT2D eigenvalue weighted by Gasteiger charge is -2.35. The first kappa shape index (κ1) is 20.7. The summed E-state index contributed by atoms with van der Waals surface area (Å²) in [6.45, 7) is 5.71. The molecule has 2 aromatic carbocycles. The number of piperazine rings is 1. The molecule has 28 heavy (non-hydrogen) atoms. The van der Waals surface area contributed by atoms with E-state index >= 15 is 0 Å². The van der Waals surface area contributed by atoms with Gasteiger partial charge in [0.15, 0.2) is 6.10 Å². The molecule has 148 valence electrons. The van der Waals surface area contributed by atoms with Crippen molar-refractivity contribution in [1.29, 1.82) is 0 Å². The van der Waals surface area contributed by atoms with Crippen molar-refractivity contribution < 1.29 is 9.53 Å². The van der Waals surface area contributed by atoms with Crippen LogP contribution < -0.4 is 4.74 Å². The largest absolute Gasteiger partial charge is 0.479 e. The Morgan fingerprint density at radius 3 is 2.50 bits per heavy atom. The van der Waals surface area contributed by atoms with E-state index in [1.165, 1.54) is 5.56 Å². The number of ether oxygens (including phenoxy) is 1. The van der Waals surface area contributed by atoms with Crippen molar-refractivity contribution in [3.63, 3.8) is 0 Å². The van der Waals surface area contributed by atoms with Crippen LogP contribution in [0.15, 0.2) is 54.6 Å². The van der Waals surface area contributed by atoms with Gasteiger partial charge in [-0.2, -0.15) is 0 Å². The molecule has 0 spiro atoms. The number of amides is 1. The molecule has 0 N–H and O–H groups in total. The van der Waals surface area contributed by atoms with Crippen molar-refractivity contribution >= 4 is 35.2 Å². The van der Waals surface area contributed by atoms with Crippen LogP contribution in [-0.4, -0.2) is 54.5 Å². The highest BCUT2D eigenvalue weighted by Crippen LogP contribution is 2.28. The Bertz CT molecular complexity index is 819. The zero-order chi connectivity index (χ0) is 19.9. The maximum absolute atomic E-state index is 12.7. The summed E-state index contributed by atoms with van der Waals surface area (Å²) in [7, 11) is 0. The van der Waals surface area contributed by atoms with E-state index in [1.54, 1.807) is 25.1 Å². The maximum atomic E-state index is 12.7. The van der Waals surface area contributed by atoms with Crippen molar-refractivity contribution in [2.24, 2.45) is 0 Å². The van der Waals surface area contributed by atoms with Gasteiger partial charge in [-0.25, -0.2) is 0 Å². The number of carbonyl (C=O) groups is 1. The molecule has 1 heterocycles. The third kappa shape index (κ3) is 5.74. The van der Waals surface area contributed by atoms with E-state index in [1.807, 2.05) is 23.1 Å². The van der Waals surface area contributed by atoms with Crippen molar-refractivity contribution in [2.45, 2.75) is 13.0 Å². The van der Waals surface area contributed by atoms with Gasteiger partial charge in [-0.05, 0) is 30.7 Å². The Hall–Kier alpha value is -2.01. The molecular formula is C22H24Cl2N2O2. The average Bonchev–Trinajstić information content (AvgIpc) is 2.71. The van der Waals surface area contributed by atoms with Gasteiger partial charge in [0.05, 0.1) is 5.02 Å². The topological polar surface area (TPSA) is 32.8 Å². The van der Waals surface area contributed by atoms with Crippen molar-refractivity contribution in [3.05, 3.63) is 70.2 Å². The van der Waals surface area contributed by atoms with E-state index in [-0.39, 0.29) is 5.91 Å². The number of carbonyl (C=O) groups excluding carboxylic acids is 1. The van der Waals surface area contributed by atoms with Crippen LogP contribution in [0.1, 0.15) is 12.5 Å². The number of rotatable bonds is 6. The van der Waals surface area contributed by atoms with E-state index in [4.69, 9.17) is 27.9 Å². The Morgan fingerprint density at radius 2 is 1.82 bits per heavy atom. The molecule has 0 aromatic heterocycles. The Labute approximate surface area is 176 Å². The average molecular weight is 419 g/mol. The van der Waals surface area contributed by atoms with Crippen LogP contribution in [0, 0.1) is 0 Å². The van der Waals surface area contributed by atoms with Crippen molar-refractivity contribution in [1.82, 2.24) is 9.80 Å². The third-order valence-corrected chi connectivity index (χ3v) is 5.23. The molecule has 1 amide bonds. The molecule has 1 fully saturated rings. The van der Waals surface area contributed by atoms with Gasteiger partial charge in [-0.1, -0.05) is 65.7 Å².